The van der Waals surface area contributed by atoms with Crippen molar-refractivity contribution in [3.63, 3.8) is 0 Å². The number of aromatic nitrogens is 2. The van der Waals surface area contributed by atoms with E-state index < -0.39 is 0 Å². The van der Waals surface area contributed by atoms with E-state index in [0.29, 0.717) is 25.2 Å². The van der Waals surface area contributed by atoms with Crippen LogP contribution in [-0.4, -0.2) is 33.9 Å². The number of amides is 1. The molecule has 1 amide bonds. The first-order valence-corrected chi connectivity index (χ1v) is 8.31. The minimum atomic E-state index is -0.0517. The smallest absolute Gasteiger partial charge is 0.274 e. The molecular formula is C20H21N3O. The first-order chi connectivity index (χ1) is 11.7. The highest BCUT2D eigenvalue weighted by Gasteiger charge is 2.20. The number of hydrogen-bond acceptors (Lipinski definition) is 3. The molecule has 2 aromatic carbocycles. The van der Waals surface area contributed by atoms with E-state index >= 15 is 0 Å². The van der Waals surface area contributed by atoms with E-state index in [9.17, 15) is 4.79 Å². The summed E-state index contributed by atoms with van der Waals surface area (Å²) in [6.45, 7) is 5.28. The molecular weight excluding hydrogens is 298 g/mol. The molecule has 0 aliphatic rings. The molecule has 0 saturated carbocycles. The molecule has 122 valence electrons. The molecule has 4 heteroatoms. The summed E-state index contributed by atoms with van der Waals surface area (Å²) >= 11 is 0. The van der Waals surface area contributed by atoms with E-state index in [2.05, 4.69) is 4.98 Å². The van der Waals surface area contributed by atoms with Crippen LogP contribution in [0.3, 0.4) is 0 Å². The van der Waals surface area contributed by atoms with Gasteiger partial charge in [0.05, 0.1) is 16.7 Å². The SMILES string of the molecule is CCN(CC)C(=O)c1nc2ccccc2nc1Cc1ccccc1. The van der Waals surface area contributed by atoms with Gasteiger partial charge in [0.15, 0.2) is 5.69 Å². The number of nitrogens with zero attached hydrogens (tertiary/aromatic N) is 3. The van der Waals surface area contributed by atoms with Gasteiger partial charge in [-0.2, -0.15) is 0 Å². The number of benzene rings is 2. The van der Waals surface area contributed by atoms with Gasteiger partial charge < -0.3 is 4.90 Å². The Morgan fingerprint density at radius 1 is 0.875 bits per heavy atom. The summed E-state index contributed by atoms with van der Waals surface area (Å²) < 4.78 is 0. The maximum absolute atomic E-state index is 12.9. The van der Waals surface area contributed by atoms with Gasteiger partial charge in [0, 0.05) is 19.5 Å². The molecule has 0 unspecified atom stereocenters. The van der Waals surface area contributed by atoms with Crippen LogP contribution in [0, 0.1) is 0 Å². The molecule has 3 aromatic rings. The number of carbonyl (C=O) groups excluding carboxylic acids is 1. The molecule has 0 saturated heterocycles. The minimum absolute atomic E-state index is 0.0517. The topological polar surface area (TPSA) is 46.1 Å². The zero-order valence-corrected chi connectivity index (χ0v) is 14.1. The molecule has 0 aliphatic carbocycles. The summed E-state index contributed by atoms with van der Waals surface area (Å²) in [4.78, 5) is 24.0. The van der Waals surface area contributed by atoms with Crippen LogP contribution in [0.2, 0.25) is 0 Å². The third-order valence-electron chi connectivity index (χ3n) is 4.11. The maximum atomic E-state index is 12.9. The lowest BCUT2D eigenvalue weighted by Crippen LogP contribution is -2.32. The Labute approximate surface area is 142 Å². The largest absolute Gasteiger partial charge is 0.338 e. The van der Waals surface area contributed by atoms with E-state index in [0.717, 1.165) is 22.3 Å². The third-order valence-corrected chi connectivity index (χ3v) is 4.11. The van der Waals surface area contributed by atoms with Gasteiger partial charge in [-0.15, -0.1) is 0 Å². The lowest BCUT2D eigenvalue weighted by atomic mass is 10.1. The van der Waals surface area contributed by atoms with Gasteiger partial charge in [-0.3, -0.25) is 4.79 Å². The summed E-state index contributed by atoms with van der Waals surface area (Å²) in [5.41, 5.74) is 3.89. The van der Waals surface area contributed by atoms with Crippen LogP contribution in [0.25, 0.3) is 11.0 Å². The third kappa shape index (κ3) is 3.27. The lowest BCUT2D eigenvalue weighted by Gasteiger charge is -2.19. The average Bonchev–Trinajstić information content (AvgIpc) is 2.63. The van der Waals surface area contributed by atoms with Gasteiger partial charge >= 0.3 is 0 Å². The van der Waals surface area contributed by atoms with Crippen molar-refractivity contribution in [3.05, 3.63) is 71.5 Å². The van der Waals surface area contributed by atoms with Gasteiger partial charge in [-0.1, -0.05) is 42.5 Å². The first kappa shape index (κ1) is 16.1. The Balaban J connectivity index is 2.10. The van der Waals surface area contributed by atoms with Crippen LogP contribution >= 0.6 is 0 Å². The van der Waals surface area contributed by atoms with E-state index in [-0.39, 0.29) is 5.91 Å². The van der Waals surface area contributed by atoms with Crippen molar-refractivity contribution in [1.29, 1.82) is 0 Å². The second-order valence-corrected chi connectivity index (χ2v) is 5.65. The predicted octanol–water partition coefficient (Wildman–Crippen LogP) is 3.70. The first-order valence-electron chi connectivity index (χ1n) is 8.31. The second-order valence-electron chi connectivity index (χ2n) is 5.65. The molecule has 0 aliphatic heterocycles. The molecule has 0 atom stereocenters. The van der Waals surface area contributed by atoms with Crippen molar-refractivity contribution >= 4 is 16.9 Å². The lowest BCUT2D eigenvalue weighted by molar-refractivity contribution is 0.0766. The molecule has 1 heterocycles. The van der Waals surface area contributed by atoms with Gasteiger partial charge in [-0.05, 0) is 31.5 Å². The predicted molar refractivity (Wildman–Crippen MR) is 96.0 cm³/mol. The standard InChI is InChI=1S/C20H21N3O/c1-3-23(4-2)20(24)19-18(14-15-10-6-5-7-11-15)21-16-12-8-9-13-17(16)22-19/h5-13H,3-4,14H2,1-2H3. The minimum Gasteiger partial charge on any atom is -0.338 e. The normalized spacial score (nSPS) is 10.8. The van der Waals surface area contributed by atoms with Gasteiger partial charge in [0.25, 0.3) is 5.91 Å². The van der Waals surface area contributed by atoms with Crippen LogP contribution in [-0.2, 0) is 6.42 Å². The molecule has 0 bridgehead atoms. The van der Waals surface area contributed by atoms with Crippen molar-refractivity contribution in [1.82, 2.24) is 14.9 Å². The number of fused-ring (bicyclic) bond motifs is 1. The number of carbonyl (C=O) groups is 1. The van der Waals surface area contributed by atoms with Crippen LogP contribution in [0.1, 0.15) is 35.6 Å². The zero-order valence-electron chi connectivity index (χ0n) is 14.1. The van der Waals surface area contributed by atoms with E-state index in [1.807, 2.05) is 68.4 Å². The van der Waals surface area contributed by atoms with Crippen molar-refractivity contribution < 1.29 is 4.79 Å². The highest BCUT2D eigenvalue weighted by molar-refractivity contribution is 5.95. The van der Waals surface area contributed by atoms with Crippen LogP contribution in [0.5, 0.6) is 0 Å². The molecule has 4 nitrogen and oxygen atoms in total. The molecule has 0 fully saturated rings. The average molecular weight is 319 g/mol. The molecule has 24 heavy (non-hydrogen) atoms. The zero-order chi connectivity index (χ0) is 16.9. The summed E-state index contributed by atoms with van der Waals surface area (Å²) in [6.07, 6.45) is 0.598. The number of hydrogen-bond donors (Lipinski definition) is 0. The number of para-hydroxylation sites is 2. The number of rotatable bonds is 5. The van der Waals surface area contributed by atoms with Crippen molar-refractivity contribution in [2.45, 2.75) is 20.3 Å². The van der Waals surface area contributed by atoms with E-state index in [1.165, 1.54) is 0 Å². The highest BCUT2D eigenvalue weighted by Crippen LogP contribution is 2.18. The quantitative estimate of drug-likeness (QED) is 0.720. The summed E-state index contributed by atoms with van der Waals surface area (Å²) in [6, 6.07) is 17.7. The van der Waals surface area contributed by atoms with Gasteiger partial charge in [0.2, 0.25) is 0 Å². The molecule has 3 rings (SSSR count). The van der Waals surface area contributed by atoms with Crippen molar-refractivity contribution in [2.75, 3.05) is 13.1 Å². The fourth-order valence-electron chi connectivity index (χ4n) is 2.78. The van der Waals surface area contributed by atoms with E-state index in [1.54, 1.807) is 4.90 Å². The second kappa shape index (κ2) is 7.21. The Morgan fingerprint density at radius 2 is 1.46 bits per heavy atom. The van der Waals surface area contributed by atoms with Crippen molar-refractivity contribution in [3.8, 4) is 0 Å². The van der Waals surface area contributed by atoms with E-state index in [4.69, 9.17) is 4.98 Å². The molecule has 1 aromatic heterocycles. The maximum Gasteiger partial charge on any atom is 0.274 e. The molecule has 0 spiro atoms. The summed E-state index contributed by atoms with van der Waals surface area (Å²) in [7, 11) is 0. The highest BCUT2D eigenvalue weighted by atomic mass is 16.2. The van der Waals surface area contributed by atoms with Crippen LogP contribution in [0.4, 0.5) is 0 Å². The fraction of sp³-hybridized carbons (Fsp3) is 0.250. The molecule has 0 N–H and O–H groups in total. The summed E-state index contributed by atoms with van der Waals surface area (Å²) in [5, 5.41) is 0. The summed E-state index contributed by atoms with van der Waals surface area (Å²) in [5.74, 6) is -0.0517. The molecule has 0 radical (unpaired) electrons. The Kier molecular flexibility index (Phi) is 4.85. The Bertz CT molecular complexity index is 842. The Hall–Kier alpha value is -2.75. The van der Waals surface area contributed by atoms with Crippen molar-refractivity contribution in [2.24, 2.45) is 0 Å². The van der Waals surface area contributed by atoms with Crippen LogP contribution in [0.15, 0.2) is 54.6 Å². The van der Waals surface area contributed by atoms with Crippen LogP contribution < -0.4 is 0 Å². The van der Waals surface area contributed by atoms with Gasteiger partial charge in [-0.25, -0.2) is 9.97 Å². The fourth-order valence-corrected chi connectivity index (χ4v) is 2.78. The monoisotopic (exact) mass is 319 g/mol. The Morgan fingerprint density at radius 3 is 2.08 bits per heavy atom. The van der Waals surface area contributed by atoms with Gasteiger partial charge in [0.1, 0.15) is 0 Å².